The quantitative estimate of drug-likeness (QED) is 0.812. The van der Waals surface area contributed by atoms with Crippen molar-refractivity contribution in [3.63, 3.8) is 0 Å². The van der Waals surface area contributed by atoms with Gasteiger partial charge in [0.1, 0.15) is 6.04 Å². The molecule has 21 heavy (non-hydrogen) atoms. The van der Waals surface area contributed by atoms with E-state index in [1.165, 1.54) is 7.11 Å². The lowest BCUT2D eigenvalue weighted by Crippen LogP contribution is -2.36. The van der Waals surface area contributed by atoms with Gasteiger partial charge in [-0.2, -0.15) is 0 Å². The second-order valence-corrected chi connectivity index (χ2v) is 6.28. The van der Waals surface area contributed by atoms with E-state index in [9.17, 15) is 9.59 Å². The molecule has 1 aliphatic rings. The van der Waals surface area contributed by atoms with Gasteiger partial charge in [0.2, 0.25) is 5.91 Å². The lowest BCUT2D eigenvalue weighted by molar-refractivity contribution is -0.145. The zero-order valence-corrected chi connectivity index (χ0v) is 13.4. The van der Waals surface area contributed by atoms with E-state index in [1.807, 2.05) is 18.9 Å². The van der Waals surface area contributed by atoms with Crippen molar-refractivity contribution in [1.82, 2.24) is 15.2 Å². The summed E-state index contributed by atoms with van der Waals surface area (Å²) in [6, 6.07) is -0.252. The third-order valence-electron chi connectivity index (χ3n) is 3.81. The van der Waals surface area contributed by atoms with Crippen molar-refractivity contribution in [1.29, 1.82) is 0 Å². The van der Waals surface area contributed by atoms with E-state index in [2.05, 4.69) is 10.3 Å². The Labute approximate surface area is 128 Å². The van der Waals surface area contributed by atoms with Gasteiger partial charge in [-0.25, -0.2) is 4.98 Å². The first-order valence-corrected chi connectivity index (χ1v) is 7.85. The van der Waals surface area contributed by atoms with Crippen LogP contribution in [0.3, 0.4) is 0 Å². The Kier molecular flexibility index (Phi) is 5.30. The zero-order chi connectivity index (χ0) is 15.4. The van der Waals surface area contributed by atoms with E-state index >= 15 is 0 Å². The number of likely N-dealkylation sites (N-methyl/N-ethyl adjacent to an activating group) is 1. The number of esters is 1. The predicted molar refractivity (Wildman–Crippen MR) is 80.2 cm³/mol. The van der Waals surface area contributed by atoms with Crippen molar-refractivity contribution in [3.05, 3.63) is 16.1 Å². The number of ether oxygens (including phenoxy) is 1. The summed E-state index contributed by atoms with van der Waals surface area (Å²) in [7, 11) is 3.26. The maximum atomic E-state index is 12.0. The Balaban J connectivity index is 1.78. The maximum absolute atomic E-state index is 12.0. The lowest BCUT2D eigenvalue weighted by Gasteiger charge is -2.15. The van der Waals surface area contributed by atoms with Crippen LogP contribution in [0.15, 0.2) is 5.51 Å². The Morgan fingerprint density at radius 2 is 2.33 bits per heavy atom. The summed E-state index contributed by atoms with van der Waals surface area (Å²) in [6.45, 7) is 2.63. The molecule has 0 aliphatic carbocycles. The maximum Gasteiger partial charge on any atom is 0.323 e. The molecule has 1 aliphatic heterocycles. The number of amides is 1. The van der Waals surface area contributed by atoms with Crippen LogP contribution >= 0.6 is 11.3 Å². The number of nitrogens with zero attached hydrogens (tertiary/aromatic N) is 2. The minimum Gasteiger partial charge on any atom is -0.468 e. The first kappa shape index (κ1) is 15.9. The molecule has 1 amide bonds. The molecule has 2 rings (SSSR count). The molecule has 2 heterocycles. The van der Waals surface area contributed by atoms with Gasteiger partial charge in [0.05, 0.1) is 18.3 Å². The van der Waals surface area contributed by atoms with Crippen molar-refractivity contribution < 1.29 is 14.3 Å². The summed E-state index contributed by atoms with van der Waals surface area (Å²) in [4.78, 5) is 30.8. The highest BCUT2D eigenvalue weighted by molar-refractivity contribution is 7.09. The van der Waals surface area contributed by atoms with E-state index in [0.717, 1.165) is 10.6 Å². The standard InChI is InChI=1S/C14H21N3O3S/c1-9-12(21-8-15-9)4-5-13(18)16-10-6-11(14(19)20-3)17(2)7-10/h8,10-11H,4-7H2,1-3H3,(H,16,18)/t10-,11-/m0/s1. The van der Waals surface area contributed by atoms with Gasteiger partial charge in [0, 0.05) is 23.9 Å². The fourth-order valence-electron chi connectivity index (χ4n) is 2.61. The van der Waals surface area contributed by atoms with Crippen LogP contribution in [0.4, 0.5) is 0 Å². The van der Waals surface area contributed by atoms with Crippen LogP contribution in [-0.2, 0) is 20.7 Å². The number of likely N-dealkylation sites (tertiary alicyclic amines) is 1. The third kappa shape index (κ3) is 4.01. The topological polar surface area (TPSA) is 71.5 Å². The molecule has 116 valence electrons. The number of hydrogen-bond acceptors (Lipinski definition) is 6. The monoisotopic (exact) mass is 311 g/mol. The average Bonchev–Trinajstić information content (AvgIpc) is 3.01. The van der Waals surface area contributed by atoms with Crippen LogP contribution in [0, 0.1) is 6.92 Å². The van der Waals surface area contributed by atoms with E-state index in [1.54, 1.807) is 16.8 Å². The number of rotatable bonds is 5. The van der Waals surface area contributed by atoms with E-state index in [-0.39, 0.29) is 24.0 Å². The molecule has 6 nitrogen and oxygen atoms in total. The number of carbonyl (C=O) groups is 2. The number of thiazole rings is 1. The molecular formula is C14H21N3O3S. The van der Waals surface area contributed by atoms with Gasteiger partial charge in [-0.15, -0.1) is 11.3 Å². The molecule has 0 aromatic carbocycles. The average molecular weight is 311 g/mol. The summed E-state index contributed by atoms with van der Waals surface area (Å²) in [5.41, 5.74) is 2.80. The highest BCUT2D eigenvalue weighted by atomic mass is 32.1. The number of hydrogen-bond donors (Lipinski definition) is 1. The molecule has 0 bridgehead atoms. The number of aryl methyl sites for hydroxylation is 2. The molecule has 1 aromatic rings. The van der Waals surface area contributed by atoms with E-state index in [0.29, 0.717) is 25.8 Å². The van der Waals surface area contributed by atoms with E-state index in [4.69, 9.17) is 4.74 Å². The number of aromatic nitrogens is 1. The minimum absolute atomic E-state index is 0.00848. The molecule has 0 spiro atoms. The van der Waals surface area contributed by atoms with Gasteiger partial charge >= 0.3 is 5.97 Å². The van der Waals surface area contributed by atoms with Gasteiger partial charge < -0.3 is 10.1 Å². The summed E-state index contributed by atoms with van der Waals surface area (Å²) in [6.07, 6.45) is 1.77. The summed E-state index contributed by atoms with van der Waals surface area (Å²) >= 11 is 1.58. The van der Waals surface area contributed by atoms with E-state index < -0.39 is 0 Å². The van der Waals surface area contributed by atoms with Crippen molar-refractivity contribution in [2.24, 2.45) is 0 Å². The normalized spacial score (nSPS) is 22.2. The van der Waals surface area contributed by atoms with Crippen LogP contribution in [0.25, 0.3) is 0 Å². The highest BCUT2D eigenvalue weighted by Gasteiger charge is 2.35. The smallest absolute Gasteiger partial charge is 0.323 e. The zero-order valence-electron chi connectivity index (χ0n) is 12.6. The number of carbonyl (C=O) groups excluding carboxylic acids is 2. The van der Waals surface area contributed by atoms with Crippen molar-refractivity contribution in [2.45, 2.75) is 38.3 Å². The molecular weight excluding hydrogens is 290 g/mol. The molecule has 1 fully saturated rings. The molecule has 0 unspecified atom stereocenters. The third-order valence-corrected chi connectivity index (χ3v) is 4.81. The Bertz CT molecular complexity index is 517. The fourth-order valence-corrected chi connectivity index (χ4v) is 3.39. The van der Waals surface area contributed by atoms with Crippen LogP contribution in [-0.4, -0.2) is 54.5 Å². The first-order valence-electron chi connectivity index (χ1n) is 6.97. The SMILES string of the molecule is COC(=O)[C@@H]1C[C@H](NC(=O)CCc2scnc2C)CN1C. The minimum atomic E-state index is -0.260. The van der Waals surface area contributed by atoms with Gasteiger partial charge in [0.25, 0.3) is 0 Å². The van der Waals surface area contributed by atoms with Crippen LogP contribution < -0.4 is 5.32 Å². The van der Waals surface area contributed by atoms with Gasteiger partial charge in [-0.3, -0.25) is 14.5 Å². The lowest BCUT2D eigenvalue weighted by atomic mass is 10.1. The second kappa shape index (κ2) is 7.00. The summed E-state index contributed by atoms with van der Waals surface area (Å²) in [5, 5.41) is 3.00. The summed E-state index contributed by atoms with van der Waals surface area (Å²) in [5.74, 6) is -0.221. The van der Waals surface area contributed by atoms with Gasteiger partial charge in [0.15, 0.2) is 0 Å². The highest BCUT2D eigenvalue weighted by Crippen LogP contribution is 2.18. The number of nitrogens with one attached hydrogen (secondary N) is 1. The Morgan fingerprint density at radius 3 is 2.95 bits per heavy atom. The fraction of sp³-hybridized carbons (Fsp3) is 0.643. The van der Waals surface area contributed by atoms with Crippen molar-refractivity contribution in [2.75, 3.05) is 20.7 Å². The molecule has 1 aromatic heterocycles. The molecule has 2 atom stereocenters. The van der Waals surface area contributed by atoms with Crippen LogP contribution in [0.5, 0.6) is 0 Å². The second-order valence-electron chi connectivity index (χ2n) is 5.34. The first-order chi connectivity index (χ1) is 10.0. The predicted octanol–water partition coefficient (Wildman–Crippen LogP) is 0.746. The van der Waals surface area contributed by atoms with Crippen molar-refractivity contribution in [3.8, 4) is 0 Å². The molecule has 0 radical (unpaired) electrons. The van der Waals surface area contributed by atoms with Crippen LogP contribution in [0.1, 0.15) is 23.4 Å². The van der Waals surface area contributed by atoms with Crippen LogP contribution in [0.2, 0.25) is 0 Å². The summed E-state index contributed by atoms with van der Waals surface area (Å²) < 4.78 is 4.77. The molecule has 1 saturated heterocycles. The van der Waals surface area contributed by atoms with Crippen molar-refractivity contribution >= 4 is 23.2 Å². The van der Waals surface area contributed by atoms with Gasteiger partial charge in [-0.1, -0.05) is 0 Å². The van der Waals surface area contributed by atoms with Gasteiger partial charge in [-0.05, 0) is 26.8 Å². The molecule has 7 heteroatoms. The largest absolute Gasteiger partial charge is 0.468 e. The number of methoxy groups -OCH3 is 1. The molecule has 1 N–H and O–H groups in total. The Hall–Kier alpha value is -1.47. The Morgan fingerprint density at radius 1 is 1.57 bits per heavy atom. The molecule has 0 saturated carbocycles.